The molecule has 2 aliphatic carbocycles. The highest BCUT2D eigenvalue weighted by atomic mass is 19.1. The Balaban J connectivity index is 1.55. The summed E-state index contributed by atoms with van der Waals surface area (Å²) in [5.41, 5.74) is 8.50. The van der Waals surface area contributed by atoms with E-state index in [9.17, 15) is 14.3 Å². The number of phenolic OH excluding ortho intramolecular Hbond substituents is 1. The minimum atomic E-state index is -0.742. The number of rotatable bonds is 4. The van der Waals surface area contributed by atoms with Crippen LogP contribution in [-0.2, 0) is 0 Å². The van der Waals surface area contributed by atoms with Gasteiger partial charge in [0.2, 0.25) is 0 Å². The molecule has 0 spiro atoms. The van der Waals surface area contributed by atoms with E-state index < -0.39 is 11.6 Å². The average molecular weight is 409 g/mol. The van der Waals surface area contributed by atoms with Crippen molar-refractivity contribution >= 4 is 16.9 Å². The maximum Gasteiger partial charge on any atom is 0.252 e. The largest absolute Gasteiger partial charge is 0.505 e. The van der Waals surface area contributed by atoms with Crippen LogP contribution < -0.4 is 11.1 Å². The first-order chi connectivity index (χ1) is 14.5. The highest BCUT2D eigenvalue weighted by Gasteiger charge is 2.47. The van der Waals surface area contributed by atoms with Gasteiger partial charge in [-0.2, -0.15) is 5.10 Å². The number of aromatic nitrogens is 3. The summed E-state index contributed by atoms with van der Waals surface area (Å²) in [7, 11) is 0. The van der Waals surface area contributed by atoms with Crippen molar-refractivity contribution in [3.05, 3.63) is 41.3 Å². The van der Waals surface area contributed by atoms with Crippen molar-refractivity contribution in [2.75, 3.05) is 6.54 Å². The lowest BCUT2D eigenvalue weighted by atomic mass is 9.84. The van der Waals surface area contributed by atoms with Gasteiger partial charge in [-0.3, -0.25) is 9.89 Å². The minimum absolute atomic E-state index is 0.0752. The second kappa shape index (κ2) is 7.05. The summed E-state index contributed by atoms with van der Waals surface area (Å²) >= 11 is 0. The molecule has 0 aliphatic heterocycles. The van der Waals surface area contributed by atoms with Crippen molar-refractivity contribution in [3.63, 3.8) is 0 Å². The smallest absolute Gasteiger partial charge is 0.252 e. The Bertz CT molecular complexity index is 1140. The molecule has 0 unspecified atom stereocenters. The third-order valence-corrected chi connectivity index (χ3v) is 6.86. The summed E-state index contributed by atoms with van der Waals surface area (Å²) in [6.45, 7) is 2.39. The van der Waals surface area contributed by atoms with Gasteiger partial charge in [-0.25, -0.2) is 9.37 Å². The van der Waals surface area contributed by atoms with Crippen LogP contribution in [0.5, 0.6) is 5.75 Å². The van der Waals surface area contributed by atoms with E-state index in [1.807, 2.05) is 6.92 Å². The van der Waals surface area contributed by atoms with E-state index in [2.05, 4.69) is 20.5 Å². The van der Waals surface area contributed by atoms with Crippen molar-refractivity contribution in [1.82, 2.24) is 20.5 Å². The molecule has 1 aromatic carbocycles. The fraction of sp³-hybridized carbons (Fsp3) is 0.409. The number of nitrogens with one attached hydrogen (secondary N) is 2. The normalized spacial score (nSPS) is 25.2. The third-order valence-electron chi connectivity index (χ3n) is 6.86. The highest BCUT2D eigenvalue weighted by Crippen LogP contribution is 2.48. The maximum atomic E-state index is 13.9. The number of benzene rings is 1. The zero-order valence-electron chi connectivity index (χ0n) is 16.7. The van der Waals surface area contributed by atoms with E-state index in [0.717, 1.165) is 12.8 Å². The van der Waals surface area contributed by atoms with Gasteiger partial charge in [-0.15, -0.1) is 0 Å². The van der Waals surface area contributed by atoms with Crippen LogP contribution in [-0.4, -0.2) is 38.8 Å². The van der Waals surface area contributed by atoms with Crippen molar-refractivity contribution in [3.8, 4) is 17.0 Å². The number of phenols is 1. The molecule has 2 fully saturated rings. The molecule has 3 aromatic rings. The number of aromatic amines is 1. The van der Waals surface area contributed by atoms with Crippen LogP contribution in [0.1, 0.15) is 35.3 Å². The lowest BCUT2D eigenvalue weighted by Gasteiger charge is -2.31. The Morgan fingerprint density at radius 2 is 2.13 bits per heavy atom. The molecule has 0 radical (unpaired) electrons. The Kier molecular flexibility index (Phi) is 4.47. The molecule has 2 aliphatic rings. The van der Waals surface area contributed by atoms with Gasteiger partial charge in [0.05, 0.1) is 22.3 Å². The Morgan fingerprint density at radius 3 is 2.90 bits per heavy atom. The molecule has 5 N–H and O–H groups in total. The summed E-state index contributed by atoms with van der Waals surface area (Å²) < 4.78 is 13.9. The molecule has 2 aromatic heterocycles. The van der Waals surface area contributed by atoms with Gasteiger partial charge < -0.3 is 16.2 Å². The fourth-order valence-corrected chi connectivity index (χ4v) is 5.38. The standard InChI is InChI=1S/C22H24FN5O2/c1-10-19-14(22(30)26-20-13-3-2-11(6-13)15(20)9-24)8-17(25-21(19)28-27-10)12-4-5-18(29)16(23)7-12/h4-5,7-8,11,13,15,20,29H,2-3,6,9,24H2,1H3,(H,26,30)(H,25,27,28)/t11-,13+,15-,20-/m1/s1. The van der Waals surface area contributed by atoms with Crippen molar-refractivity contribution in [1.29, 1.82) is 0 Å². The van der Waals surface area contributed by atoms with Crippen molar-refractivity contribution in [2.24, 2.45) is 23.5 Å². The topological polar surface area (TPSA) is 117 Å². The number of fused-ring (bicyclic) bond motifs is 3. The lowest BCUT2D eigenvalue weighted by molar-refractivity contribution is 0.0904. The number of halogens is 1. The third kappa shape index (κ3) is 2.94. The van der Waals surface area contributed by atoms with E-state index in [-0.39, 0.29) is 11.9 Å². The van der Waals surface area contributed by atoms with Crippen LogP contribution in [0, 0.1) is 30.5 Å². The number of amides is 1. The number of hydrogen-bond acceptors (Lipinski definition) is 5. The molecule has 30 heavy (non-hydrogen) atoms. The first-order valence-electron chi connectivity index (χ1n) is 10.3. The Morgan fingerprint density at radius 1 is 1.33 bits per heavy atom. The van der Waals surface area contributed by atoms with Crippen LogP contribution in [0.15, 0.2) is 24.3 Å². The van der Waals surface area contributed by atoms with Crippen LogP contribution >= 0.6 is 0 Å². The molecule has 2 saturated carbocycles. The quantitative estimate of drug-likeness (QED) is 0.529. The van der Waals surface area contributed by atoms with Gasteiger partial charge in [0.1, 0.15) is 0 Å². The van der Waals surface area contributed by atoms with Crippen LogP contribution in [0.2, 0.25) is 0 Å². The minimum Gasteiger partial charge on any atom is -0.505 e. The number of hydrogen-bond donors (Lipinski definition) is 4. The van der Waals surface area contributed by atoms with E-state index in [1.54, 1.807) is 12.1 Å². The fourth-order valence-electron chi connectivity index (χ4n) is 5.38. The molecule has 156 valence electrons. The molecule has 7 nitrogen and oxygen atoms in total. The van der Waals surface area contributed by atoms with Gasteiger partial charge >= 0.3 is 0 Å². The van der Waals surface area contributed by atoms with Gasteiger partial charge in [-0.1, -0.05) is 0 Å². The zero-order chi connectivity index (χ0) is 21.0. The molecule has 8 heteroatoms. The van der Waals surface area contributed by atoms with Crippen LogP contribution in [0.4, 0.5) is 4.39 Å². The number of carbonyl (C=O) groups excluding carboxylic acids is 1. The average Bonchev–Trinajstić information content (AvgIpc) is 3.44. The van der Waals surface area contributed by atoms with Gasteiger partial charge in [0.25, 0.3) is 5.91 Å². The van der Waals surface area contributed by atoms with E-state index in [4.69, 9.17) is 5.73 Å². The van der Waals surface area contributed by atoms with Crippen molar-refractivity contribution < 1.29 is 14.3 Å². The van der Waals surface area contributed by atoms with E-state index in [1.165, 1.54) is 18.6 Å². The van der Waals surface area contributed by atoms with Crippen LogP contribution in [0.25, 0.3) is 22.3 Å². The molecule has 5 rings (SSSR count). The molecule has 0 saturated heterocycles. The number of carbonyl (C=O) groups is 1. The summed E-state index contributed by atoms with van der Waals surface area (Å²) in [4.78, 5) is 17.9. The highest BCUT2D eigenvalue weighted by molar-refractivity contribution is 6.07. The van der Waals surface area contributed by atoms with E-state index in [0.29, 0.717) is 57.8 Å². The number of nitrogens with two attached hydrogens (primary N) is 1. The SMILES string of the molecule is Cc1n[nH]c2nc(-c3ccc(O)c(F)c3)cc(C(=O)N[C@@H]3[C@H]4CC[C@H](C4)[C@H]3CN)c12. The van der Waals surface area contributed by atoms with Gasteiger partial charge in [-0.05, 0) is 74.8 Å². The molecule has 2 heterocycles. The first kappa shape index (κ1) is 19.0. The lowest BCUT2D eigenvalue weighted by Crippen LogP contribution is -2.46. The zero-order valence-corrected chi connectivity index (χ0v) is 16.7. The van der Waals surface area contributed by atoms with Gasteiger partial charge in [0.15, 0.2) is 17.2 Å². The summed E-state index contributed by atoms with van der Waals surface area (Å²) in [5.74, 6) is 0.00711. The molecule has 4 atom stereocenters. The van der Waals surface area contributed by atoms with E-state index >= 15 is 0 Å². The number of H-pyrrole nitrogens is 1. The second-order valence-electron chi connectivity index (χ2n) is 8.49. The summed E-state index contributed by atoms with van der Waals surface area (Å²) in [6, 6.07) is 5.78. The second-order valence-corrected chi connectivity index (χ2v) is 8.49. The maximum absolute atomic E-state index is 13.9. The number of aryl methyl sites for hydroxylation is 1. The monoisotopic (exact) mass is 409 g/mol. The first-order valence-corrected chi connectivity index (χ1v) is 10.3. The van der Waals surface area contributed by atoms with Crippen LogP contribution in [0.3, 0.4) is 0 Å². The predicted molar refractivity (Wildman–Crippen MR) is 110 cm³/mol. The Labute approximate surface area is 172 Å². The number of nitrogens with zero attached hydrogens (tertiary/aromatic N) is 2. The summed E-state index contributed by atoms with van der Waals surface area (Å²) in [5, 5.41) is 20.4. The Hall–Kier alpha value is -3.00. The molecule has 1 amide bonds. The molecule has 2 bridgehead atoms. The predicted octanol–water partition coefficient (Wildman–Crippen LogP) is 2.88. The summed E-state index contributed by atoms with van der Waals surface area (Å²) in [6.07, 6.45) is 3.44. The number of pyridine rings is 1. The number of aromatic hydroxyl groups is 1. The van der Waals surface area contributed by atoms with Gasteiger partial charge in [0, 0.05) is 11.6 Å². The molecular formula is C22H24FN5O2. The molecular weight excluding hydrogens is 385 g/mol. The van der Waals surface area contributed by atoms with Crippen molar-refractivity contribution in [2.45, 2.75) is 32.2 Å².